The number of carbonyl (C=O) groups excluding carboxylic acids is 3. The molecule has 0 radical (unpaired) electrons. The first-order chi connectivity index (χ1) is 11.8. The molecule has 0 aromatic carbocycles. The lowest BCUT2D eigenvalue weighted by Crippen LogP contribution is -2.20. The van der Waals surface area contributed by atoms with Crippen molar-refractivity contribution in [2.45, 2.75) is 66.0 Å². The molecule has 1 saturated heterocycles. The number of nitrogens with zero attached hydrogens (tertiary/aromatic N) is 1. The monoisotopic (exact) mass is 345 g/mol. The lowest BCUT2D eigenvalue weighted by atomic mass is 10.00. The summed E-state index contributed by atoms with van der Waals surface area (Å²) in [5.41, 5.74) is 0. The average molecular weight is 345 g/mol. The summed E-state index contributed by atoms with van der Waals surface area (Å²) in [4.78, 5) is 38.8. The van der Waals surface area contributed by atoms with Crippen LogP contribution in [0.4, 0.5) is 0 Å². The Morgan fingerprint density at radius 3 is 1.96 bits per heavy atom. The molecule has 1 heterocycles. The van der Waals surface area contributed by atoms with Crippen molar-refractivity contribution in [3.05, 3.63) is 0 Å². The van der Waals surface area contributed by atoms with Crippen LogP contribution >= 0.6 is 0 Å². The van der Waals surface area contributed by atoms with E-state index in [9.17, 15) is 14.4 Å². The van der Waals surface area contributed by atoms with Gasteiger partial charge in [-0.1, -0.05) is 27.7 Å². The van der Waals surface area contributed by atoms with Crippen molar-refractivity contribution in [3.8, 4) is 0 Å². The van der Waals surface area contributed by atoms with Crippen LogP contribution in [0.3, 0.4) is 0 Å². The molecule has 3 saturated carbocycles. The number of hydrogen-bond donors (Lipinski definition) is 0. The van der Waals surface area contributed by atoms with Gasteiger partial charge in [0.2, 0.25) is 5.91 Å². The molecule has 0 aromatic heterocycles. The summed E-state index contributed by atoms with van der Waals surface area (Å²) in [6.07, 6.45) is 3.68. The van der Waals surface area contributed by atoms with E-state index < -0.39 is 0 Å². The molecular weight excluding hydrogens is 314 g/mol. The van der Waals surface area contributed by atoms with E-state index in [1.54, 1.807) is 11.8 Å². The Balaban J connectivity index is 1.44. The number of carbonyl (C=O) groups is 3. The van der Waals surface area contributed by atoms with Crippen LogP contribution in [0.1, 0.15) is 53.9 Å². The predicted octanol–water partition coefficient (Wildman–Crippen LogP) is 2.94. The molecule has 3 unspecified atom stereocenters. The number of rotatable bonds is 7. The van der Waals surface area contributed by atoms with Crippen molar-refractivity contribution in [3.63, 3.8) is 0 Å². The van der Waals surface area contributed by atoms with E-state index in [1.165, 1.54) is 12.8 Å². The highest BCUT2D eigenvalue weighted by Crippen LogP contribution is 2.70. The minimum absolute atomic E-state index is 0.0237. The standard InChI is InChI=1S/C21H31NO3/c1-9(2)20(24)17-15(12-6-7-12)16(17)13-8-14(13)18-19(21(25)10(3)4)22(18)11(5)23/h9-10,12-19H,6-8H2,1-5H3/t13?,14?,15-,16?,17+,18+,19-,22?/m1/s1. The third kappa shape index (κ3) is 2.76. The van der Waals surface area contributed by atoms with Gasteiger partial charge in [-0.05, 0) is 48.9 Å². The van der Waals surface area contributed by atoms with E-state index in [0.717, 1.165) is 12.3 Å². The van der Waals surface area contributed by atoms with Crippen LogP contribution in [0.15, 0.2) is 0 Å². The molecule has 4 rings (SSSR count). The lowest BCUT2D eigenvalue weighted by Gasteiger charge is -2.03. The van der Waals surface area contributed by atoms with Gasteiger partial charge < -0.3 is 4.90 Å². The zero-order valence-corrected chi connectivity index (χ0v) is 16.1. The van der Waals surface area contributed by atoms with Crippen LogP contribution in [-0.4, -0.2) is 34.5 Å². The number of ketones is 2. The van der Waals surface area contributed by atoms with Gasteiger partial charge in [0, 0.05) is 24.7 Å². The maximum Gasteiger partial charge on any atom is 0.220 e. The first kappa shape index (κ1) is 17.2. The van der Waals surface area contributed by atoms with E-state index in [-0.39, 0.29) is 41.5 Å². The largest absolute Gasteiger partial charge is 0.325 e. The summed E-state index contributed by atoms with van der Waals surface area (Å²) >= 11 is 0. The Morgan fingerprint density at radius 1 is 0.880 bits per heavy atom. The molecule has 0 N–H and O–H groups in total. The van der Waals surface area contributed by atoms with Gasteiger partial charge >= 0.3 is 0 Å². The fraction of sp³-hybridized carbons (Fsp3) is 0.857. The maximum atomic E-state index is 12.6. The second kappa shape index (κ2) is 5.65. The SMILES string of the molecule is CC(=O)N1[C@@H](C(=O)C(C)C)[C@@H]1C1CC1C1[C@@H](C2CC2)[C@@H]1C(=O)C(C)C. The first-order valence-electron chi connectivity index (χ1n) is 10.1. The number of amides is 1. The van der Waals surface area contributed by atoms with E-state index in [0.29, 0.717) is 29.5 Å². The molecule has 7 atom stereocenters. The first-order valence-corrected chi connectivity index (χ1v) is 10.1. The second-order valence-electron chi connectivity index (χ2n) is 9.56. The van der Waals surface area contributed by atoms with E-state index in [1.807, 2.05) is 27.7 Å². The molecule has 4 fully saturated rings. The lowest BCUT2D eigenvalue weighted by molar-refractivity contribution is -0.128. The van der Waals surface area contributed by atoms with Crippen LogP contribution in [0.2, 0.25) is 0 Å². The van der Waals surface area contributed by atoms with Crippen LogP contribution in [0.25, 0.3) is 0 Å². The third-order valence-corrected chi connectivity index (χ3v) is 7.10. The predicted molar refractivity (Wildman–Crippen MR) is 94.6 cm³/mol. The third-order valence-electron chi connectivity index (χ3n) is 7.10. The minimum Gasteiger partial charge on any atom is -0.325 e. The highest BCUT2D eigenvalue weighted by Gasteiger charge is 2.72. The highest BCUT2D eigenvalue weighted by atomic mass is 16.2. The van der Waals surface area contributed by atoms with Crippen molar-refractivity contribution in [2.75, 3.05) is 0 Å². The normalized spacial score (nSPS) is 41.9. The summed E-state index contributed by atoms with van der Waals surface area (Å²) < 4.78 is 0. The number of Topliss-reactive ketones (excluding diaryl/α,β-unsaturated/α-hetero) is 2. The van der Waals surface area contributed by atoms with Gasteiger partial charge in [0.1, 0.15) is 11.8 Å². The van der Waals surface area contributed by atoms with Crippen molar-refractivity contribution >= 4 is 17.5 Å². The Hall–Kier alpha value is -1.19. The fourth-order valence-corrected chi connectivity index (χ4v) is 5.58. The van der Waals surface area contributed by atoms with Crippen LogP contribution < -0.4 is 0 Å². The zero-order chi connectivity index (χ0) is 18.2. The van der Waals surface area contributed by atoms with Gasteiger partial charge in [-0.25, -0.2) is 0 Å². The summed E-state index contributed by atoms with van der Waals surface area (Å²) in [6, 6.07) is -0.0717. The van der Waals surface area contributed by atoms with Crippen molar-refractivity contribution in [1.82, 2.24) is 4.90 Å². The summed E-state index contributed by atoms with van der Waals surface area (Å²) in [7, 11) is 0. The van der Waals surface area contributed by atoms with Gasteiger partial charge in [-0.3, -0.25) is 14.4 Å². The molecule has 1 aliphatic heterocycles. The number of hydrogen-bond acceptors (Lipinski definition) is 3. The van der Waals surface area contributed by atoms with Crippen LogP contribution in [0.5, 0.6) is 0 Å². The fourth-order valence-electron chi connectivity index (χ4n) is 5.58. The summed E-state index contributed by atoms with van der Waals surface area (Å²) in [6.45, 7) is 9.44. The van der Waals surface area contributed by atoms with Crippen molar-refractivity contribution in [2.24, 2.45) is 47.3 Å². The van der Waals surface area contributed by atoms with Gasteiger partial charge in [0.25, 0.3) is 0 Å². The Morgan fingerprint density at radius 2 is 1.48 bits per heavy atom. The molecule has 0 spiro atoms. The maximum absolute atomic E-state index is 12.6. The van der Waals surface area contributed by atoms with Crippen LogP contribution in [0, 0.1) is 47.3 Å². The van der Waals surface area contributed by atoms with Gasteiger partial charge in [-0.15, -0.1) is 0 Å². The molecule has 3 aliphatic carbocycles. The Kier molecular flexibility index (Phi) is 3.90. The molecule has 0 aromatic rings. The van der Waals surface area contributed by atoms with Crippen LogP contribution in [-0.2, 0) is 14.4 Å². The molecule has 4 aliphatic rings. The molecule has 1 amide bonds. The van der Waals surface area contributed by atoms with E-state index >= 15 is 0 Å². The van der Waals surface area contributed by atoms with E-state index in [2.05, 4.69) is 0 Å². The zero-order valence-electron chi connectivity index (χ0n) is 16.1. The van der Waals surface area contributed by atoms with Gasteiger partial charge in [-0.2, -0.15) is 0 Å². The average Bonchev–Trinajstić information content (AvgIpc) is 3.40. The Bertz CT molecular complexity index is 621. The minimum atomic E-state index is -0.190. The van der Waals surface area contributed by atoms with Gasteiger partial charge in [0.15, 0.2) is 5.78 Å². The van der Waals surface area contributed by atoms with Crippen molar-refractivity contribution < 1.29 is 14.4 Å². The highest BCUT2D eigenvalue weighted by molar-refractivity contribution is 5.95. The molecule has 0 bridgehead atoms. The Labute approximate surface area is 150 Å². The topological polar surface area (TPSA) is 54.2 Å². The van der Waals surface area contributed by atoms with Gasteiger partial charge in [0.05, 0.1) is 6.04 Å². The quantitative estimate of drug-likeness (QED) is 0.667. The molecular formula is C21H31NO3. The molecule has 138 valence electrons. The summed E-state index contributed by atoms with van der Waals surface area (Å²) in [5, 5.41) is 0. The summed E-state index contributed by atoms with van der Waals surface area (Å²) in [5.74, 6) is 3.98. The van der Waals surface area contributed by atoms with Crippen molar-refractivity contribution in [1.29, 1.82) is 0 Å². The molecule has 25 heavy (non-hydrogen) atoms. The molecule has 4 heteroatoms. The second-order valence-corrected chi connectivity index (χ2v) is 9.56. The van der Waals surface area contributed by atoms with E-state index in [4.69, 9.17) is 0 Å². The molecule has 4 nitrogen and oxygen atoms in total. The smallest absolute Gasteiger partial charge is 0.220 e.